The van der Waals surface area contributed by atoms with Gasteiger partial charge in [-0.2, -0.15) is 5.06 Å². The molecular weight excluding hydrogens is 168 g/mol. The van der Waals surface area contributed by atoms with Gasteiger partial charge in [-0.1, -0.05) is 20.8 Å². The quantitative estimate of drug-likeness (QED) is 0.601. The molecule has 0 radical (unpaired) electrons. The van der Waals surface area contributed by atoms with Crippen LogP contribution in [0.4, 0.5) is 0 Å². The molecule has 1 amide bonds. The molecule has 1 heterocycles. The average Bonchev–Trinajstić information content (AvgIpc) is 2.03. The first-order valence-corrected chi connectivity index (χ1v) is 4.64. The molecule has 1 fully saturated rings. The molecule has 0 bridgehead atoms. The number of rotatable bonds is 0. The lowest BCUT2D eigenvalue weighted by molar-refractivity contribution is -0.152. The fraction of sp³-hybridized carbons (Fsp3) is 0.889. The number of amides is 1. The van der Waals surface area contributed by atoms with Crippen molar-refractivity contribution in [2.24, 2.45) is 5.41 Å². The van der Waals surface area contributed by atoms with Crippen LogP contribution in [-0.4, -0.2) is 47.3 Å². The van der Waals surface area contributed by atoms with Crippen LogP contribution in [0.5, 0.6) is 0 Å². The van der Waals surface area contributed by atoms with Crippen LogP contribution in [0.25, 0.3) is 0 Å². The molecule has 1 aliphatic heterocycles. The zero-order valence-corrected chi connectivity index (χ0v) is 8.58. The molecule has 1 N–H and O–H groups in total. The third kappa shape index (κ3) is 2.67. The molecule has 1 rings (SSSR count). The molecule has 0 aromatic heterocycles. The number of hydrogen-bond acceptors (Lipinski definition) is 3. The minimum atomic E-state index is -0.308. The van der Waals surface area contributed by atoms with E-state index in [-0.39, 0.29) is 11.3 Å². The van der Waals surface area contributed by atoms with Crippen LogP contribution in [0, 0.1) is 5.41 Å². The van der Waals surface area contributed by atoms with E-state index in [0.29, 0.717) is 26.2 Å². The Morgan fingerprint density at radius 2 is 1.62 bits per heavy atom. The second kappa shape index (κ2) is 3.64. The number of hydroxylamine groups is 2. The highest BCUT2D eigenvalue weighted by molar-refractivity contribution is 5.81. The maximum absolute atomic E-state index is 11.8. The van der Waals surface area contributed by atoms with Gasteiger partial charge in [-0.25, -0.2) is 0 Å². The van der Waals surface area contributed by atoms with E-state index in [4.69, 9.17) is 5.21 Å². The lowest BCUT2D eigenvalue weighted by Crippen LogP contribution is -2.50. The van der Waals surface area contributed by atoms with Gasteiger partial charge in [0.1, 0.15) is 0 Å². The van der Waals surface area contributed by atoms with E-state index in [1.165, 1.54) is 5.06 Å². The number of piperazine rings is 1. The second-order valence-electron chi connectivity index (χ2n) is 4.50. The highest BCUT2D eigenvalue weighted by Gasteiger charge is 2.29. The van der Waals surface area contributed by atoms with E-state index in [2.05, 4.69) is 0 Å². The Kier molecular flexibility index (Phi) is 2.93. The third-order valence-corrected chi connectivity index (χ3v) is 2.18. The zero-order valence-electron chi connectivity index (χ0n) is 8.58. The molecule has 0 unspecified atom stereocenters. The highest BCUT2D eigenvalue weighted by Crippen LogP contribution is 2.18. The van der Waals surface area contributed by atoms with Crippen molar-refractivity contribution in [2.75, 3.05) is 26.2 Å². The Hall–Kier alpha value is -0.610. The summed E-state index contributed by atoms with van der Waals surface area (Å²) in [4.78, 5) is 13.6. The van der Waals surface area contributed by atoms with Crippen molar-refractivity contribution in [1.82, 2.24) is 9.96 Å². The summed E-state index contributed by atoms with van der Waals surface area (Å²) in [6.07, 6.45) is 0. The Balaban J connectivity index is 2.50. The van der Waals surface area contributed by atoms with Crippen LogP contribution >= 0.6 is 0 Å². The normalized spacial score (nSPS) is 20.5. The van der Waals surface area contributed by atoms with E-state index in [1.807, 2.05) is 25.7 Å². The van der Waals surface area contributed by atoms with Gasteiger partial charge < -0.3 is 10.1 Å². The first kappa shape index (κ1) is 10.5. The number of nitrogens with zero attached hydrogens (tertiary/aromatic N) is 2. The van der Waals surface area contributed by atoms with Gasteiger partial charge in [0.2, 0.25) is 5.91 Å². The smallest absolute Gasteiger partial charge is 0.228 e. The highest BCUT2D eigenvalue weighted by atomic mass is 16.5. The Morgan fingerprint density at radius 1 is 1.15 bits per heavy atom. The summed E-state index contributed by atoms with van der Waals surface area (Å²) < 4.78 is 0. The summed E-state index contributed by atoms with van der Waals surface area (Å²) in [5, 5.41) is 10.4. The average molecular weight is 186 g/mol. The molecule has 0 aromatic carbocycles. The van der Waals surface area contributed by atoms with Crippen molar-refractivity contribution in [3.8, 4) is 0 Å². The molecule has 1 saturated heterocycles. The maximum Gasteiger partial charge on any atom is 0.228 e. The Morgan fingerprint density at radius 3 is 2.00 bits per heavy atom. The van der Waals surface area contributed by atoms with Crippen LogP contribution in [0.15, 0.2) is 0 Å². The van der Waals surface area contributed by atoms with Gasteiger partial charge in [0, 0.05) is 31.6 Å². The van der Waals surface area contributed by atoms with Gasteiger partial charge in [0.15, 0.2) is 0 Å². The number of hydrogen-bond donors (Lipinski definition) is 1. The molecule has 4 heteroatoms. The predicted molar refractivity (Wildman–Crippen MR) is 49.4 cm³/mol. The fourth-order valence-corrected chi connectivity index (χ4v) is 1.37. The molecule has 76 valence electrons. The molecule has 4 nitrogen and oxygen atoms in total. The van der Waals surface area contributed by atoms with E-state index in [0.717, 1.165) is 0 Å². The van der Waals surface area contributed by atoms with Gasteiger partial charge in [0.25, 0.3) is 0 Å². The summed E-state index contributed by atoms with van der Waals surface area (Å²) in [7, 11) is 0. The van der Waals surface area contributed by atoms with Crippen LogP contribution in [0.1, 0.15) is 20.8 Å². The Labute approximate surface area is 79.1 Å². The molecule has 1 aliphatic rings. The van der Waals surface area contributed by atoms with Gasteiger partial charge in [-0.3, -0.25) is 4.79 Å². The van der Waals surface area contributed by atoms with Crippen molar-refractivity contribution < 1.29 is 10.0 Å². The van der Waals surface area contributed by atoms with Crippen LogP contribution < -0.4 is 0 Å². The SMILES string of the molecule is CC(C)(C)C(=O)N1CCN(O)CC1. The van der Waals surface area contributed by atoms with E-state index < -0.39 is 0 Å². The summed E-state index contributed by atoms with van der Waals surface area (Å²) in [6, 6.07) is 0. The molecule has 0 saturated carbocycles. The summed E-state index contributed by atoms with van der Waals surface area (Å²) in [5.74, 6) is 0.167. The second-order valence-corrected chi connectivity index (χ2v) is 4.50. The van der Waals surface area contributed by atoms with Crippen molar-refractivity contribution in [3.63, 3.8) is 0 Å². The van der Waals surface area contributed by atoms with Crippen LogP contribution in [-0.2, 0) is 4.79 Å². The standard InChI is InChI=1S/C9H18N2O2/c1-9(2,3)8(12)10-4-6-11(13)7-5-10/h13H,4-7H2,1-3H3. The minimum Gasteiger partial charge on any atom is -0.339 e. The summed E-state index contributed by atoms with van der Waals surface area (Å²) in [6.45, 7) is 8.13. The van der Waals surface area contributed by atoms with Gasteiger partial charge in [-0.05, 0) is 0 Å². The van der Waals surface area contributed by atoms with Crippen molar-refractivity contribution >= 4 is 5.91 Å². The van der Waals surface area contributed by atoms with Crippen LogP contribution in [0.2, 0.25) is 0 Å². The van der Waals surface area contributed by atoms with Gasteiger partial charge in [-0.15, -0.1) is 0 Å². The number of carbonyl (C=O) groups excluding carboxylic acids is 1. The third-order valence-electron chi connectivity index (χ3n) is 2.18. The van der Waals surface area contributed by atoms with Crippen molar-refractivity contribution in [3.05, 3.63) is 0 Å². The molecular formula is C9H18N2O2. The van der Waals surface area contributed by atoms with E-state index >= 15 is 0 Å². The summed E-state index contributed by atoms with van der Waals surface area (Å²) >= 11 is 0. The molecule has 13 heavy (non-hydrogen) atoms. The van der Waals surface area contributed by atoms with Crippen molar-refractivity contribution in [2.45, 2.75) is 20.8 Å². The lowest BCUT2D eigenvalue weighted by Gasteiger charge is -2.35. The molecule has 0 spiro atoms. The topological polar surface area (TPSA) is 43.8 Å². The van der Waals surface area contributed by atoms with Crippen molar-refractivity contribution in [1.29, 1.82) is 0 Å². The first-order valence-electron chi connectivity index (χ1n) is 4.64. The van der Waals surface area contributed by atoms with Crippen LogP contribution in [0.3, 0.4) is 0 Å². The Bertz CT molecular complexity index is 190. The van der Waals surface area contributed by atoms with E-state index in [9.17, 15) is 4.79 Å². The molecule has 0 aliphatic carbocycles. The molecule has 0 aromatic rings. The summed E-state index contributed by atoms with van der Waals surface area (Å²) in [5.41, 5.74) is -0.308. The number of carbonyl (C=O) groups is 1. The maximum atomic E-state index is 11.8. The lowest BCUT2D eigenvalue weighted by atomic mass is 9.94. The zero-order chi connectivity index (χ0) is 10.1. The fourth-order valence-electron chi connectivity index (χ4n) is 1.37. The minimum absolute atomic E-state index is 0.167. The van der Waals surface area contributed by atoms with E-state index in [1.54, 1.807) is 0 Å². The molecule has 0 atom stereocenters. The van der Waals surface area contributed by atoms with Gasteiger partial charge >= 0.3 is 0 Å². The predicted octanol–water partition coefficient (Wildman–Crippen LogP) is 0.566. The first-order chi connectivity index (χ1) is 5.91. The van der Waals surface area contributed by atoms with Gasteiger partial charge in [0.05, 0.1) is 0 Å². The largest absolute Gasteiger partial charge is 0.339 e. The monoisotopic (exact) mass is 186 g/mol.